The van der Waals surface area contributed by atoms with Gasteiger partial charge in [-0.2, -0.15) is 0 Å². The van der Waals surface area contributed by atoms with Crippen LogP contribution < -0.4 is 5.32 Å². The number of imidazole rings is 1. The van der Waals surface area contributed by atoms with Crippen LogP contribution in [0.3, 0.4) is 0 Å². The second-order valence-corrected chi connectivity index (χ2v) is 4.45. The zero-order valence-corrected chi connectivity index (χ0v) is 10.7. The normalized spacial score (nSPS) is 21.9. The van der Waals surface area contributed by atoms with Crippen LogP contribution >= 0.6 is 0 Å². The molecule has 0 bridgehead atoms. The first-order chi connectivity index (χ1) is 8.33. The molecule has 1 atom stereocenters. The van der Waals surface area contributed by atoms with Gasteiger partial charge in [0.1, 0.15) is 0 Å². The predicted molar refractivity (Wildman–Crippen MR) is 66.8 cm³/mol. The number of hydrogen-bond donors (Lipinski definition) is 1. The van der Waals surface area contributed by atoms with Gasteiger partial charge in [0.05, 0.1) is 31.3 Å². The zero-order valence-electron chi connectivity index (χ0n) is 10.7. The Balaban J connectivity index is 1.93. The van der Waals surface area contributed by atoms with E-state index in [1.165, 1.54) is 5.69 Å². The lowest BCUT2D eigenvalue weighted by molar-refractivity contribution is -0.0346. The summed E-state index contributed by atoms with van der Waals surface area (Å²) in [6.45, 7) is 7.97. The Hall–Kier alpha value is -0.910. The molecule has 5 nitrogen and oxygen atoms in total. The molecular weight excluding hydrogens is 216 g/mol. The first-order valence-electron chi connectivity index (χ1n) is 6.31. The molecule has 5 heteroatoms. The van der Waals surface area contributed by atoms with Crippen molar-refractivity contribution in [2.24, 2.45) is 0 Å². The third-order valence-corrected chi connectivity index (χ3v) is 3.23. The number of nitrogens with one attached hydrogen (secondary N) is 1. The van der Waals surface area contributed by atoms with Crippen LogP contribution in [0.5, 0.6) is 0 Å². The van der Waals surface area contributed by atoms with Gasteiger partial charge in [-0.1, -0.05) is 6.92 Å². The quantitative estimate of drug-likeness (QED) is 0.802. The summed E-state index contributed by atoms with van der Waals surface area (Å²) in [6.07, 6.45) is 4.09. The topological polar surface area (TPSA) is 42.3 Å². The highest BCUT2D eigenvalue weighted by Gasteiger charge is 2.20. The Bertz CT molecular complexity index is 339. The fourth-order valence-electron chi connectivity index (χ4n) is 2.24. The number of ether oxygens (including phenoxy) is 1. The lowest BCUT2D eigenvalue weighted by Crippen LogP contribution is -2.44. The van der Waals surface area contributed by atoms with E-state index in [2.05, 4.69) is 26.7 Å². The Labute approximate surface area is 103 Å². The summed E-state index contributed by atoms with van der Waals surface area (Å²) < 4.78 is 7.99. The van der Waals surface area contributed by atoms with Crippen LogP contribution in [0.4, 0.5) is 0 Å². The lowest BCUT2D eigenvalue weighted by atomic mass is 10.2. The molecule has 2 heterocycles. The minimum atomic E-state index is 0.286. The number of nitrogens with zero attached hydrogens (tertiary/aromatic N) is 3. The number of aromatic nitrogens is 2. The summed E-state index contributed by atoms with van der Waals surface area (Å²) in [5, 5.41) is 3.16. The summed E-state index contributed by atoms with van der Waals surface area (Å²) in [5.41, 5.74) is 1.21. The number of hydrogen-bond acceptors (Lipinski definition) is 4. The molecule has 0 aromatic carbocycles. The van der Waals surface area contributed by atoms with Crippen molar-refractivity contribution in [3.8, 4) is 0 Å². The van der Waals surface area contributed by atoms with Crippen molar-refractivity contribution in [2.45, 2.75) is 26.1 Å². The van der Waals surface area contributed by atoms with Gasteiger partial charge in [-0.3, -0.25) is 4.90 Å². The van der Waals surface area contributed by atoms with Gasteiger partial charge in [-0.15, -0.1) is 0 Å². The maximum Gasteiger partial charge on any atom is 0.0949 e. The fraction of sp³-hybridized carbons (Fsp3) is 0.750. The van der Waals surface area contributed by atoms with Gasteiger partial charge in [0.15, 0.2) is 0 Å². The summed E-state index contributed by atoms with van der Waals surface area (Å²) >= 11 is 0. The van der Waals surface area contributed by atoms with E-state index in [0.717, 1.165) is 39.3 Å². The summed E-state index contributed by atoms with van der Waals surface area (Å²) in [6, 6.07) is 0. The molecule has 96 valence electrons. The molecule has 0 saturated carbocycles. The van der Waals surface area contributed by atoms with Crippen LogP contribution in [0.25, 0.3) is 0 Å². The third-order valence-electron chi connectivity index (χ3n) is 3.23. The van der Waals surface area contributed by atoms with Crippen LogP contribution in [0, 0.1) is 0 Å². The van der Waals surface area contributed by atoms with Gasteiger partial charge in [0.2, 0.25) is 0 Å². The molecule has 1 N–H and O–H groups in total. The molecule has 1 unspecified atom stereocenters. The van der Waals surface area contributed by atoms with Crippen molar-refractivity contribution in [3.05, 3.63) is 18.2 Å². The first-order valence-corrected chi connectivity index (χ1v) is 6.31. The molecule has 2 rings (SSSR count). The second-order valence-electron chi connectivity index (χ2n) is 4.45. The highest BCUT2D eigenvalue weighted by atomic mass is 16.5. The fourth-order valence-corrected chi connectivity index (χ4v) is 2.24. The molecule has 0 radical (unpaired) electrons. The van der Waals surface area contributed by atoms with Crippen molar-refractivity contribution in [3.63, 3.8) is 0 Å². The number of rotatable bonds is 5. The Morgan fingerprint density at radius 3 is 3.24 bits per heavy atom. The molecule has 1 aromatic heterocycles. The van der Waals surface area contributed by atoms with Gasteiger partial charge in [-0.25, -0.2) is 4.98 Å². The SMILES string of the molecule is CCN1CCOC(Cn2cncc2CNC)C1. The van der Waals surface area contributed by atoms with E-state index < -0.39 is 0 Å². The molecule has 1 fully saturated rings. The Kier molecular flexibility index (Phi) is 4.53. The van der Waals surface area contributed by atoms with Crippen molar-refractivity contribution in [2.75, 3.05) is 33.3 Å². The van der Waals surface area contributed by atoms with E-state index >= 15 is 0 Å². The molecule has 0 amide bonds. The summed E-state index contributed by atoms with van der Waals surface area (Å²) in [7, 11) is 1.95. The van der Waals surface area contributed by atoms with Gasteiger partial charge in [0.25, 0.3) is 0 Å². The minimum absolute atomic E-state index is 0.286. The van der Waals surface area contributed by atoms with Gasteiger partial charge < -0.3 is 14.6 Å². The molecule has 1 saturated heterocycles. The van der Waals surface area contributed by atoms with E-state index in [1.54, 1.807) is 0 Å². The standard InChI is InChI=1S/C12H22N4O/c1-3-15-4-5-17-12(8-15)9-16-10-14-7-11(16)6-13-2/h7,10,12-13H,3-6,8-9H2,1-2H3. The maximum absolute atomic E-state index is 5.81. The molecule has 1 aromatic rings. The Morgan fingerprint density at radius 1 is 1.59 bits per heavy atom. The third kappa shape index (κ3) is 3.28. The van der Waals surface area contributed by atoms with Crippen LogP contribution in [-0.2, 0) is 17.8 Å². The minimum Gasteiger partial charge on any atom is -0.374 e. The molecule has 1 aliphatic rings. The van der Waals surface area contributed by atoms with E-state index in [4.69, 9.17) is 4.74 Å². The van der Waals surface area contributed by atoms with Crippen LogP contribution in [0.15, 0.2) is 12.5 Å². The molecule has 17 heavy (non-hydrogen) atoms. The van der Waals surface area contributed by atoms with Crippen molar-refractivity contribution in [1.82, 2.24) is 19.8 Å². The molecule has 1 aliphatic heterocycles. The van der Waals surface area contributed by atoms with Gasteiger partial charge in [0, 0.05) is 25.8 Å². The smallest absolute Gasteiger partial charge is 0.0949 e. The first kappa shape index (κ1) is 12.5. The van der Waals surface area contributed by atoms with Gasteiger partial charge >= 0.3 is 0 Å². The lowest BCUT2D eigenvalue weighted by Gasteiger charge is -2.32. The largest absolute Gasteiger partial charge is 0.374 e. The molecule has 0 spiro atoms. The van der Waals surface area contributed by atoms with Crippen molar-refractivity contribution < 1.29 is 4.74 Å². The van der Waals surface area contributed by atoms with Crippen LogP contribution in [0.1, 0.15) is 12.6 Å². The van der Waals surface area contributed by atoms with Crippen molar-refractivity contribution in [1.29, 1.82) is 0 Å². The Morgan fingerprint density at radius 2 is 2.47 bits per heavy atom. The molecular formula is C12H22N4O. The van der Waals surface area contributed by atoms with Gasteiger partial charge in [-0.05, 0) is 13.6 Å². The zero-order chi connectivity index (χ0) is 12.1. The summed E-state index contributed by atoms with van der Waals surface area (Å²) in [4.78, 5) is 6.63. The average Bonchev–Trinajstić information content (AvgIpc) is 2.78. The maximum atomic E-state index is 5.81. The molecule has 0 aliphatic carbocycles. The van der Waals surface area contributed by atoms with E-state index in [-0.39, 0.29) is 6.10 Å². The predicted octanol–water partition coefficient (Wildman–Crippen LogP) is 0.323. The van der Waals surface area contributed by atoms with Crippen molar-refractivity contribution >= 4 is 0 Å². The highest BCUT2D eigenvalue weighted by Crippen LogP contribution is 2.09. The average molecular weight is 238 g/mol. The van der Waals surface area contributed by atoms with E-state index in [0.29, 0.717) is 0 Å². The number of likely N-dealkylation sites (N-methyl/N-ethyl adjacent to an activating group) is 1. The monoisotopic (exact) mass is 238 g/mol. The summed E-state index contributed by atoms with van der Waals surface area (Å²) in [5.74, 6) is 0. The van der Waals surface area contributed by atoms with E-state index in [1.807, 2.05) is 19.6 Å². The van der Waals surface area contributed by atoms with E-state index in [9.17, 15) is 0 Å². The van der Waals surface area contributed by atoms with Crippen LogP contribution in [0.2, 0.25) is 0 Å². The number of morpholine rings is 1. The highest BCUT2D eigenvalue weighted by molar-refractivity contribution is 4.98. The van der Waals surface area contributed by atoms with Crippen LogP contribution in [-0.4, -0.2) is 53.8 Å². The second kappa shape index (κ2) is 6.14.